The first-order chi connectivity index (χ1) is 17.5. The van der Waals surface area contributed by atoms with Gasteiger partial charge in [-0.25, -0.2) is 14.6 Å². The molecule has 184 valence electrons. The second-order valence-electron chi connectivity index (χ2n) is 7.78. The van der Waals surface area contributed by atoms with E-state index in [1.165, 1.54) is 0 Å². The van der Waals surface area contributed by atoms with E-state index in [1.54, 1.807) is 38.1 Å². The average molecular weight is 506 g/mol. The van der Waals surface area contributed by atoms with Gasteiger partial charge in [0.15, 0.2) is 5.76 Å². The number of ether oxygens (including phenoxy) is 2. The van der Waals surface area contributed by atoms with Crippen molar-refractivity contribution in [3.63, 3.8) is 0 Å². The van der Waals surface area contributed by atoms with Crippen LogP contribution in [0.5, 0.6) is 0 Å². The molecule has 0 radical (unpaired) electrons. The Balaban J connectivity index is 1.49. The molecule has 0 fully saturated rings. The quantitative estimate of drug-likeness (QED) is 0.279. The molecule has 0 spiro atoms. The number of hydrogen-bond acceptors (Lipinski definition) is 7. The van der Waals surface area contributed by atoms with Crippen molar-refractivity contribution in [1.82, 2.24) is 10.1 Å². The van der Waals surface area contributed by atoms with Gasteiger partial charge in [-0.1, -0.05) is 59.2 Å². The van der Waals surface area contributed by atoms with Crippen LogP contribution < -0.4 is 5.32 Å². The maximum atomic E-state index is 12.5. The highest BCUT2D eigenvalue weighted by Gasteiger charge is 2.19. The maximum Gasteiger partial charge on any atom is 0.411 e. The van der Waals surface area contributed by atoms with Gasteiger partial charge in [-0.15, -0.1) is 0 Å². The largest absolute Gasteiger partial charge is 0.461 e. The zero-order chi connectivity index (χ0) is 25.5. The van der Waals surface area contributed by atoms with Gasteiger partial charge in [0.1, 0.15) is 17.1 Å². The van der Waals surface area contributed by atoms with Crippen LogP contribution in [0.1, 0.15) is 28.7 Å². The van der Waals surface area contributed by atoms with Crippen LogP contribution in [0.25, 0.3) is 22.6 Å². The molecule has 0 aliphatic carbocycles. The summed E-state index contributed by atoms with van der Waals surface area (Å²) in [4.78, 5) is 29.0. The van der Waals surface area contributed by atoms with Crippen LogP contribution >= 0.6 is 11.6 Å². The number of hydrogen-bond donors (Lipinski definition) is 1. The Hall–Kier alpha value is -4.17. The second kappa shape index (κ2) is 11.5. The Morgan fingerprint density at radius 3 is 2.58 bits per heavy atom. The maximum absolute atomic E-state index is 12.5. The second-order valence-corrected chi connectivity index (χ2v) is 8.19. The molecule has 4 aromatic rings. The van der Waals surface area contributed by atoms with E-state index in [1.807, 2.05) is 42.5 Å². The number of nitrogens with one attached hydrogen (secondary N) is 1. The number of benzene rings is 2. The summed E-state index contributed by atoms with van der Waals surface area (Å²) in [6.07, 6.45) is -0.141. The molecule has 2 aromatic heterocycles. The van der Waals surface area contributed by atoms with E-state index in [0.29, 0.717) is 39.8 Å². The first-order valence-corrected chi connectivity index (χ1v) is 11.7. The van der Waals surface area contributed by atoms with Crippen molar-refractivity contribution in [2.45, 2.75) is 20.3 Å². The number of rotatable bonds is 8. The van der Waals surface area contributed by atoms with Crippen LogP contribution in [0.3, 0.4) is 0 Å². The lowest BCUT2D eigenvalue weighted by Crippen LogP contribution is -2.16. The third kappa shape index (κ3) is 5.90. The number of anilines is 1. The molecule has 0 unspecified atom stereocenters. The Morgan fingerprint density at radius 1 is 1.00 bits per heavy atom. The van der Waals surface area contributed by atoms with Gasteiger partial charge >= 0.3 is 12.1 Å². The number of esters is 1. The van der Waals surface area contributed by atoms with Crippen LogP contribution in [-0.2, 0) is 15.9 Å². The standard InChI is InChI=1S/C27H24ClN3O5/c1-3-34-26(32)23-13-7-12-22(29-23)19-9-6-10-20(16-19)25-24(17(2)31-36-25)30-27(33)35-15-14-18-8-4-5-11-21(18)28/h4-13,16H,3,14-15H2,1-2H3,(H,30,33). The summed E-state index contributed by atoms with van der Waals surface area (Å²) in [5.41, 5.74) is 4.03. The number of amides is 1. The summed E-state index contributed by atoms with van der Waals surface area (Å²) in [7, 11) is 0. The Morgan fingerprint density at radius 2 is 1.78 bits per heavy atom. The number of nitrogens with zero attached hydrogens (tertiary/aromatic N) is 2. The number of pyridine rings is 1. The SMILES string of the molecule is CCOC(=O)c1cccc(-c2cccc(-c3onc(C)c3NC(=O)OCCc3ccccc3Cl)c2)n1. The molecule has 9 heteroatoms. The lowest BCUT2D eigenvalue weighted by atomic mass is 10.0. The minimum absolute atomic E-state index is 0.160. The van der Waals surface area contributed by atoms with Crippen molar-refractivity contribution in [2.75, 3.05) is 18.5 Å². The number of aryl methyl sites for hydroxylation is 1. The van der Waals surface area contributed by atoms with Gasteiger partial charge in [0.2, 0.25) is 0 Å². The van der Waals surface area contributed by atoms with E-state index >= 15 is 0 Å². The van der Waals surface area contributed by atoms with E-state index in [9.17, 15) is 9.59 Å². The Labute approximate surface area is 213 Å². The highest BCUT2D eigenvalue weighted by atomic mass is 35.5. The normalized spacial score (nSPS) is 10.6. The predicted molar refractivity (Wildman–Crippen MR) is 136 cm³/mol. The average Bonchev–Trinajstić information content (AvgIpc) is 3.25. The summed E-state index contributed by atoms with van der Waals surface area (Å²) >= 11 is 6.16. The van der Waals surface area contributed by atoms with Gasteiger partial charge in [-0.05, 0) is 43.7 Å². The van der Waals surface area contributed by atoms with Crippen molar-refractivity contribution in [2.24, 2.45) is 0 Å². The summed E-state index contributed by atoms with van der Waals surface area (Å²) in [6.45, 7) is 3.89. The van der Waals surface area contributed by atoms with E-state index in [2.05, 4.69) is 15.5 Å². The topological polar surface area (TPSA) is 104 Å². The fourth-order valence-electron chi connectivity index (χ4n) is 3.54. The molecule has 1 amide bonds. The van der Waals surface area contributed by atoms with Crippen molar-refractivity contribution in [1.29, 1.82) is 0 Å². The monoisotopic (exact) mass is 505 g/mol. The molecule has 0 atom stereocenters. The zero-order valence-electron chi connectivity index (χ0n) is 19.8. The molecular weight excluding hydrogens is 482 g/mol. The Kier molecular flexibility index (Phi) is 7.97. The van der Waals surface area contributed by atoms with Crippen molar-refractivity contribution < 1.29 is 23.6 Å². The molecule has 0 bridgehead atoms. The predicted octanol–water partition coefficient (Wildman–Crippen LogP) is 6.33. The molecule has 0 saturated heterocycles. The lowest BCUT2D eigenvalue weighted by Gasteiger charge is -2.09. The first kappa shape index (κ1) is 24.9. The molecule has 1 N–H and O–H groups in total. The molecule has 2 heterocycles. The number of halogens is 1. The third-order valence-electron chi connectivity index (χ3n) is 5.31. The molecule has 36 heavy (non-hydrogen) atoms. The van der Waals surface area contributed by atoms with Crippen molar-refractivity contribution in [3.05, 3.63) is 88.7 Å². The van der Waals surface area contributed by atoms with Crippen LogP contribution in [0.15, 0.2) is 71.3 Å². The smallest absolute Gasteiger partial charge is 0.411 e. The molecule has 0 aliphatic heterocycles. The van der Waals surface area contributed by atoms with Gasteiger partial charge in [0, 0.05) is 22.6 Å². The van der Waals surface area contributed by atoms with Crippen LogP contribution in [0, 0.1) is 6.92 Å². The van der Waals surface area contributed by atoms with Crippen LogP contribution in [0.2, 0.25) is 5.02 Å². The molecule has 2 aromatic carbocycles. The van der Waals surface area contributed by atoms with Gasteiger partial charge < -0.3 is 14.0 Å². The summed E-state index contributed by atoms with van der Waals surface area (Å²) in [5.74, 6) is -0.111. The number of aromatic nitrogens is 2. The summed E-state index contributed by atoms with van der Waals surface area (Å²) in [5, 5.41) is 7.36. The van der Waals surface area contributed by atoms with Crippen molar-refractivity contribution in [3.8, 4) is 22.6 Å². The van der Waals surface area contributed by atoms with E-state index in [4.69, 9.17) is 25.6 Å². The first-order valence-electron chi connectivity index (χ1n) is 11.3. The van der Waals surface area contributed by atoms with E-state index in [0.717, 1.165) is 11.1 Å². The van der Waals surface area contributed by atoms with Crippen molar-refractivity contribution >= 4 is 29.4 Å². The molecular formula is C27H24ClN3O5. The fourth-order valence-corrected chi connectivity index (χ4v) is 3.77. The van der Waals surface area contributed by atoms with E-state index < -0.39 is 12.1 Å². The molecule has 8 nitrogen and oxygen atoms in total. The highest BCUT2D eigenvalue weighted by Crippen LogP contribution is 2.33. The van der Waals surface area contributed by atoms with Gasteiger partial charge in [-0.3, -0.25) is 5.32 Å². The highest BCUT2D eigenvalue weighted by molar-refractivity contribution is 6.31. The minimum Gasteiger partial charge on any atom is -0.461 e. The van der Waals surface area contributed by atoms with Crippen LogP contribution in [-0.4, -0.2) is 35.4 Å². The third-order valence-corrected chi connectivity index (χ3v) is 5.68. The van der Waals surface area contributed by atoms with Gasteiger partial charge in [0.05, 0.1) is 18.9 Å². The van der Waals surface area contributed by atoms with Gasteiger partial charge in [0.25, 0.3) is 0 Å². The summed E-state index contributed by atoms with van der Waals surface area (Å²) in [6, 6.07) is 19.9. The Bertz CT molecular complexity index is 1390. The molecule has 0 saturated carbocycles. The molecule has 4 rings (SSSR count). The number of carbonyl (C=O) groups is 2. The lowest BCUT2D eigenvalue weighted by molar-refractivity contribution is 0.0519. The summed E-state index contributed by atoms with van der Waals surface area (Å²) < 4.78 is 15.9. The van der Waals surface area contributed by atoms with Crippen LogP contribution in [0.4, 0.5) is 10.5 Å². The van der Waals surface area contributed by atoms with Gasteiger partial charge in [-0.2, -0.15) is 0 Å². The van der Waals surface area contributed by atoms with E-state index in [-0.39, 0.29) is 18.9 Å². The zero-order valence-corrected chi connectivity index (χ0v) is 20.5. The fraction of sp³-hybridized carbons (Fsp3) is 0.185. The minimum atomic E-state index is -0.630. The molecule has 0 aliphatic rings. The number of carbonyl (C=O) groups excluding carboxylic acids is 2.